The van der Waals surface area contributed by atoms with Gasteiger partial charge in [-0.1, -0.05) is 30.3 Å². The van der Waals surface area contributed by atoms with E-state index in [0.29, 0.717) is 0 Å². The number of fused-ring (bicyclic) bond motifs is 2. The molecule has 0 radical (unpaired) electrons. The highest BCUT2D eigenvalue weighted by Crippen LogP contribution is 2.31. The summed E-state index contributed by atoms with van der Waals surface area (Å²) >= 11 is 0. The number of nitrogens with one attached hydrogen (secondary N) is 1. The van der Waals surface area contributed by atoms with Gasteiger partial charge in [-0.05, 0) is 13.0 Å². The van der Waals surface area contributed by atoms with E-state index in [1.54, 1.807) is 10.8 Å². The van der Waals surface area contributed by atoms with Crippen LogP contribution in [0.3, 0.4) is 0 Å². The quantitative estimate of drug-likeness (QED) is 0.610. The number of anilines is 1. The second-order valence-electron chi connectivity index (χ2n) is 6.34. The smallest absolute Gasteiger partial charge is 0.200 e. The molecule has 1 aliphatic rings. The van der Waals surface area contributed by atoms with Crippen LogP contribution in [0.5, 0.6) is 0 Å². The second-order valence-corrected chi connectivity index (χ2v) is 6.34. The van der Waals surface area contributed by atoms with Crippen LogP contribution >= 0.6 is 0 Å². The number of nitrogens with zero attached hydrogens (tertiary/aromatic N) is 6. The fourth-order valence-corrected chi connectivity index (χ4v) is 3.50. The average Bonchev–Trinajstić information content (AvgIpc) is 3.27. The van der Waals surface area contributed by atoms with Crippen molar-refractivity contribution in [3.8, 4) is 11.3 Å². The molecule has 0 spiro atoms. The zero-order valence-electron chi connectivity index (χ0n) is 13.8. The molecule has 0 amide bonds. The molecule has 0 aliphatic carbocycles. The van der Waals surface area contributed by atoms with Gasteiger partial charge >= 0.3 is 0 Å². The van der Waals surface area contributed by atoms with Gasteiger partial charge in [-0.25, -0.2) is 0 Å². The van der Waals surface area contributed by atoms with E-state index in [4.69, 9.17) is 0 Å². The van der Waals surface area contributed by atoms with Gasteiger partial charge in [0, 0.05) is 36.3 Å². The minimum absolute atomic E-state index is 0.791. The number of hydrogen-bond donors (Lipinski definition) is 1. The number of aromatic nitrogens is 6. The average molecular weight is 331 g/mol. The highest BCUT2D eigenvalue weighted by Gasteiger charge is 2.25. The molecule has 1 N–H and O–H groups in total. The Morgan fingerprint density at radius 2 is 2.04 bits per heavy atom. The monoisotopic (exact) mass is 331 g/mol. The molecule has 0 atom stereocenters. The van der Waals surface area contributed by atoms with E-state index in [2.05, 4.69) is 48.6 Å². The van der Waals surface area contributed by atoms with Crippen molar-refractivity contribution in [2.75, 3.05) is 11.4 Å². The fraction of sp³-hybridized carbons (Fsp3) is 0.222. The van der Waals surface area contributed by atoms with Crippen molar-refractivity contribution in [2.24, 2.45) is 0 Å². The van der Waals surface area contributed by atoms with Crippen LogP contribution in [0, 0.1) is 6.92 Å². The van der Waals surface area contributed by atoms with Crippen molar-refractivity contribution in [1.82, 2.24) is 30.0 Å². The van der Waals surface area contributed by atoms with Crippen LogP contribution in [-0.4, -0.2) is 36.6 Å². The lowest BCUT2D eigenvalue weighted by Crippen LogP contribution is -2.31. The normalized spacial score (nSPS) is 14.0. The Bertz CT molecular complexity index is 1050. The van der Waals surface area contributed by atoms with E-state index in [1.165, 1.54) is 11.3 Å². The predicted molar refractivity (Wildman–Crippen MR) is 94.3 cm³/mol. The highest BCUT2D eigenvalue weighted by atomic mass is 15.4. The maximum Gasteiger partial charge on any atom is 0.200 e. The van der Waals surface area contributed by atoms with Gasteiger partial charge in [-0.3, -0.25) is 5.10 Å². The van der Waals surface area contributed by atoms with Gasteiger partial charge in [0.05, 0.1) is 17.1 Å². The molecule has 1 aliphatic heterocycles. The molecule has 0 saturated heterocycles. The van der Waals surface area contributed by atoms with E-state index >= 15 is 0 Å². The Morgan fingerprint density at radius 3 is 2.92 bits per heavy atom. The van der Waals surface area contributed by atoms with Crippen LogP contribution in [0.1, 0.15) is 17.0 Å². The molecule has 0 unspecified atom stereocenters. The summed E-state index contributed by atoms with van der Waals surface area (Å²) in [6.07, 6.45) is 2.57. The number of hydrogen-bond acceptors (Lipinski definition) is 5. The minimum atomic E-state index is 0.791. The van der Waals surface area contributed by atoms with Gasteiger partial charge in [0.1, 0.15) is 6.33 Å². The molecule has 7 nitrogen and oxygen atoms in total. The standard InChI is InChI=1S/C18H17N7/c1-12-9-16(18-22-19-11-25(18)23-12)24-8-7-15-14(10-24)17(21-20-15)13-5-3-2-4-6-13/h2-6,9,11H,7-8,10H2,1H3,(H,20,21). The van der Waals surface area contributed by atoms with Gasteiger partial charge in [-0.2, -0.15) is 14.7 Å². The lowest BCUT2D eigenvalue weighted by molar-refractivity contribution is 0.717. The minimum Gasteiger partial charge on any atom is -0.364 e. The summed E-state index contributed by atoms with van der Waals surface area (Å²) in [5.41, 5.74) is 7.45. The third-order valence-corrected chi connectivity index (χ3v) is 4.69. The molecule has 1 aromatic carbocycles. The third kappa shape index (κ3) is 2.27. The molecule has 4 heterocycles. The summed E-state index contributed by atoms with van der Waals surface area (Å²) in [5.74, 6) is 0. The molecule has 3 aromatic heterocycles. The third-order valence-electron chi connectivity index (χ3n) is 4.69. The molecule has 7 heteroatoms. The Kier molecular flexibility index (Phi) is 3.06. The van der Waals surface area contributed by atoms with Crippen LogP contribution in [-0.2, 0) is 13.0 Å². The fourth-order valence-electron chi connectivity index (χ4n) is 3.50. The van der Waals surface area contributed by atoms with Crippen molar-refractivity contribution in [2.45, 2.75) is 19.9 Å². The largest absolute Gasteiger partial charge is 0.364 e. The number of rotatable bonds is 2. The van der Waals surface area contributed by atoms with Crippen molar-refractivity contribution >= 4 is 11.3 Å². The number of aromatic amines is 1. The summed E-state index contributed by atoms with van der Waals surface area (Å²) in [6.45, 7) is 3.70. The van der Waals surface area contributed by atoms with Crippen molar-refractivity contribution in [3.63, 3.8) is 0 Å². The van der Waals surface area contributed by atoms with E-state index in [1.807, 2.05) is 25.1 Å². The van der Waals surface area contributed by atoms with Gasteiger partial charge in [0.15, 0.2) is 0 Å². The summed E-state index contributed by atoms with van der Waals surface area (Å²) in [6, 6.07) is 12.4. The van der Waals surface area contributed by atoms with Crippen LogP contribution < -0.4 is 4.90 Å². The first-order chi connectivity index (χ1) is 12.3. The molecule has 124 valence electrons. The topological polar surface area (TPSA) is 75.0 Å². The van der Waals surface area contributed by atoms with Crippen LogP contribution in [0.4, 0.5) is 5.69 Å². The van der Waals surface area contributed by atoms with Crippen molar-refractivity contribution < 1.29 is 0 Å². The SMILES string of the molecule is Cc1cc(N2CCc3[nH]nc(-c4ccccc4)c3C2)c2nncn2n1. The number of H-pyrrole nitrogens is 1. The molecule has 0 bridgehead atoms. The predicted octanol–water partition coefficient (Wildman–Crippen LogP) is 2.39. The molecule has 25 heavy (non-hydrogen) atoms. The molecular formula is C18H17N7. The van der Waals surface area contributed by atoms with E-state index < -0.39 is 0 Å². The van der Waals surface area contributed by atoms with Crippen molar-refractivity contribution in [1.29, 1.82) is 0 Å². The molecule has 4 aromatic rings. The zero-order chi connectivity index (χ0) is 16.8. The summed E-state index contributed by atoms with van der Waals surface area (Å²) in [4.78, 5) is 2.34. The van der Waals surface area contributed by atoms with E-state index in [0.717, 1.165) is 47.8 Å². The maximum atomic E-state index is 4.57. The van der Waals surface area contributed by atoms with Crippen LogP contribution in [0.2, 0.25) is 0 Å². The highest BCUT2D eigenvalue weighted by molar-refractivity contribution is 5.71. The maximum absolute atomic E-state index is 4.57. The molecule has 0 saturated carbocycles. The van der Waals surface area contributed by atoms with Gasteiger partial charge in [-0.15, -0.1) is 10.2 Å². The summed E-state index contributed by atoms with van der Waals surface area (Å²) < 4.78 is 1.74. The number of benzene rings is 1. The van der Waals surface area contributed by atoms with E-state index in [-0.39, 0.29) is 0 Å². The first kappa shape index (κ1) is 14.2. The van der Waals surface area contributed by atoms with Gasteiger partial charge < -0.3 is 4.90 Å². The zero-order valence-corrected chi connectivity index (χ0v) is 13.8. The lowest BCUT2D eigenvalue weighted by Gasteiger charge is -2.29. The summed E-state index contributed by atoms with van der Waals surface area (Å²) in [5, 5.41) is 20.5. The lowest BCUT2D eigenvalue weighted by atomic mass is 10.0. The van der Waals surface area contributed by atoms with Gasteiger partial charge in [0.25, 0.3) is 0 Å². The van der Waals surface area contributed by atoms with Gasteiger partial charge in [0.2, 0.25) is 5.65 Å². The van der Waals surface area contributed by atoms with E-state index in [9.17, 15) is 0 Å². The molecule has 0 fully saturated rings. The molecule has 5 rings (SSSR count). The summed E-state index contributed by atoms with van der Waals surface area (Å²) in [7, 11) is 0. The Balaban J connectivity index is 1.58. The first-order valence-electron chi connectivity index (χ1n) is 8.34. The molecular weight excluding hydrogens is 314 g/mol. The first-order valence-corrected chi connectivity index (χ1v) is 8.34. The van der Waals surface area contributed by atoms with Crippen LogP contribution in [0.15, 0.2) is 42.7 Å². The Morgan fingerprint density at radius 1 is 1.16 bits per heavy atom. The van der Waals surface area contributed by atoms with Crippen molar-refractivity contribution in [3.05, 3.63) is 59.7 Å². The Hall–Kier alpha value is -3.22. The second kappa shape index (κ2) is 5.41. The number of aryl methyl sites for hydroxylation is 1. The van der Waals surface area contributed by atoms with Crippen LogP contribution in [0.25, 0.3) is 16.9 Å². The Labute approximate surface area is 144 Å².